The van der Waals surface area contributed by atoms with Crippen molar-refractivity contribution in [2.24, 2.45) is 0 Å². The van der Waals surface area contributed by atoms with Crippen LogP contribution >= 0.6 is 0 Å². The quantitative estimate of drug-likeness (QED) is 0.591. The van der Waals surface area contributed by atoms with Crippen LogP contribution < -0.4 is 5.73 Å². The molecule has 2 atom stereocenters. The molecule has 0 aliphatic rings. The van der Waals surface area contributed by atoms with Gasteiger partial charge in [-0.2, -0.15) is 0 Å². The highest BCUT2D eigenvalue weighted by Gasteiger charge is 2.17. The number of nitrogens with two attached hydrogens (primary N) is 1. The molecule has 0 saturated heterocycles. The number of hydrogen-bond donors (Lipinski definition) is 4. The van der Waals surface area contributed by atoms with Crippen molar-refractivity contribution in [1.29, 1.82) is 0 Å². The Hall–Kier alpha value is -1.62. The van der Waals surface area contributed by atoms with Gasteiger partial charge < -0.3 is 21.1 Å². The minimum atomic E-state index is -1.17. The Kier molecular flexibility index (Phi) is 3.28. The fourth-order valence-corrected chi connectivity index (χ4v) is 1.79. The molecule has 4 nitrogen and oxygen atoms in total. The number of aliphatic hydroxyl groups excluding tert-OH is 3. The van der Waals surface area contributed by atoms with E-state index in [4.69, 9.17) is 10.8 Å². The van der Waals surface area contributed by atoms with Gasteiger partial charge in [0, 0.05) is 5.69 Å². The lowest BCUT2D eigenvalue weighted by atomic mass is 10.0. The molecule has 5 N–H and O–H groups in total. The summed E-state index contributed by atoms with van der Waals surface area (Å²) in [6, 6.07) is 10.8. The Balaban J connectivity index is 2.41. The second kappa shape index (κ2) is 4.71. The molecule has 17 heavy (non-hydrogen) atoms. The summed E-state index contributed by atoms with van der Waals surface area (Å²) < 4.78 is 0. The highest BCUT2D eigenvalue weighted by atomic mass is 16.4. The summed E-state index contributed by atoms with van der Waals surface area (Å²) in [7, 11) is 0. The largest absolute Gasteiger partial charge is 0.399 e. The third-order valence-electron chi connectivity index (χ3n) is 2.78. The Labute approximate surface area is 98.9 Å². The molecular weight excluding hydrogens is 218 g/mol. The van der Waals surface area contributed by atoms with Crippen LogP contribution in [-0.4, -0.2) is 28.0 Å². The van der Waals surface area contributed by atoms with Gasteiger partial charge in [0.2, 0.25) is 0 Å². The molecule has 0 fully saturated rings. The standard InChI is InChI=1S/C13H15NO3/c14-11-4-3-8-5-10(2-1-9(8)6-11)13(17)12(16)7-15/h1-6,12-13,15-17H,7,14H2. The number of aliphatic hydroxyl groups is 3. The van der Waals surface area contributed by atoms with Crippen LogP contribution in [0, 0.1) is 0 Å². The Morgan fingerprint density at radius 1 is 1.00 bits per heavy atom. The van der Waals surface area contributed by atoms with Crippen LogP contribution in [0.1, 0.15) is 11.7 Å². The van der Waals surface area contributed by atoms with Gasteiger partial charge in [0.05, 0.1) is 6.61 Å². The Morgan fingerprint density at radius 2 is 1.65 bits per heavy atom. The molecule has 2 unspecified atom stereocenters. The van der Waals surface area contributed by atoms with Gasteiger partial charge in [0.1, 0.15) is 12.2 Å². The molecule has 90 valence electrons. The third kappa shape index (κ3) is 2.39. The molecule has 0 aliphatic heterocycles. The molecule has 0 aromatic heterocycles. The van der Waals surface area contributed by atoms with Gasteiger partial charge in [0.15, 0.2) is 0 Å². The highest BCUT2D eigenvalue weighted by molar-refractivity contribution is 5.86. The van der Waals surface area contributed by atoms with E-state index in [2.05, 4.69) is 0 Å². The third-order valence-corrected chi connectivity index (χ3v) is 2.78. The predicted molar refractivity (Wildman–Crippen MR) is 66.4 cm³/mol. The van der Waals surface area contributed by atoms with Crippen molar-refractivity contribution in [3.05, 3.63) is 42.0 Å². The highest BCUT2D eigenvalue weighted by Crippen LogP contribution is 2.23. The number of rotatable bonds is 3. The van der Waals surface area contributed by atoms with Crippen molar-refractivity contribution in [3.8, 4) is 0 Å². The first kappa shape index (κ1) is 11.9. The maximum Gasteiger partial charge on any atom is 0.107 e. The first-order valence-electron chi connectivity index (χ1n) is 5.38. The molecule has 2 aromatic rings. The number of hydrogen-bond acceptors (Lipinski definition) is 4. The number of benzene rings is 2. The molecule has 0 saturated carbocycles. The first-order valence-corrected chi connectivity index (χ1v) is 5.38. The fourth-order valence-electron chi connectivity index (χ4n) is 1.79. The van der Waals surface area contributed by atoms with Crippen LogP contribution in [0.5, 0.6) is 0 Å². The van der Waals surface area contributed by atoms with Crippen molar-refractivity contribution in [2.75, 3.05) is 12.3 Å². The topological polar surface area (TPSA) is 86.7 Å². The summed E-state index contributed by atoms with van der Waals surface area (Å²) in [6.45, 7) is -0.471. The fraction of sp³-hybridized carbons (Fsp3) is 0.231. The molecule has 0 heterocycles. The summed E-state index contributed by atoms with van der Waals surface area (Å²) in [4.78, 5) is 0. The van der Waals surface area contributed by atoms with E-state index in [0.717, 1.165) is 10.8 Å². The van der Waals surface area contributed by atoms with Gasteiger partial charge in [-0.25, -0.2) is 0 Å². The summed E-state index contributed by atoms with van der Waals surface area (Å²) in [5, 5.41) is 29.8. The maximum absolute atomic E-state index is 9.77. The lowest BCUT2D eigenvalue weighted by Crippen LogP contribution is -2.21. The molecule has 2 aromatic carbocycles. The van der Waals surface area contributed by atoms with Gasteiger partial charge in [-0.3, -0.25) is 0 Å². The summed E-state index contributed by atoms with van der Waals surface area (Å²) in [6.07, 6.45) is -2.25. The van der Waals surface area contributed by atoms with E-state index >= 15 is 0 Å². The average molecular weight is 233 g/mol. The SMILES string of the molecule is Nc1ccc2cc(C(O)C(O)CO)ccc2c1. The van der Waals surface area contributed by atoms with Crippen LogP contribution in [0.4, 0.5) is 5.69 Å². The zero-order valence-corrected chi connectivity index (χ0v) is 9.24. The van der Waals surface area contributed by atoms with E-state index in [1.165, 1.54) is 0 Å². The minimum Gasteiger partial charge on any atom is -0.399 e. The van der Waals surface area contributed by atoms with Crippen LogP contribution in [0.2, 0.25) is 0 Å². The van der Waals surface area contributed by atoms with Crippen molar-refractivity contribution < 1.29 is 15.3 Å². The Morgan fingerprint density at radius 3 is 2.35 bits per heavy atom. The molecule has 0 radical (unpaired) electrons. The monoisotopic (exact) mass is 233 g/mol. The number of nitrogen functional groups attached to an aromatic ring is 1. The normalized spacial score (nSPS) is 14.8. The molecule has 4 heteroatoms. The smallest absolute Gasteiger partial charge is 0.107 e. The van der Waals surface area contributed by atoms with Crippen LogP contribution in [-0.2, 0) is 0 Å². The molecule has 2 rings (SSSR count). The molecule has 0 bridgehead atoms. The second-order valence-corrected chi connectivity index (χ2v) is 4.06. The Bertz CT molecular complexity index is 527. The maximum atomic E-state index is 9.77. The van der Waals surface area contributed by atoms with E-state index in [0.29, 0.717) is 11.3 Å². The van der Waals surface area contributed by atoms with Gasteiger partial charge in [-0.15, -0.1) is 0 Å². The van der Waals surface area contributed by atoms with Crippen LogP contribution in [0.15, 0.2) is 36.4 Å². The van der Waals surface area contributed by atoms with Gasteiger partial charge in [0.25, 0.3) is 0 Å². The molecule has 0 spiro atoms. The van der Waals surface area contributed by atoms with Crippen LogP contribution in [0.3, 0.4) is 0 Å². The van der Waals surface area contributed by atoms with Gasteiger partial charge in [-0.1, -0.05) is 18.2 Å². The van der Waals surface area contributed by atoms with Crippen molar-refractivity contribution in [2.45, 2.75) is 12.2 Å². The van der Waals surface area contributed by atoms with E-state index in [1.807, 2.05) is 18.2 Å². The minimum absolute atomic E-state index is 0.471. The van der Waals surface area contributed by atoms with Gasteiger partial charge >= 0.3 is 0 Å². The number of fused-ring (bicyclic) bond motifs is 1. The van der Waals surface area contributed by atoms with Gasteiger partial charge in [-0.05, 0) is 34.5 Å². The predicted octanol–water partition coefficient (Wildman–Crippen LogP) is 0.809. The zero-order chi connectivity index (χ0) is 12.4. The summed E-state index contributed by atoms with van der Waals surface area (Å²) >= 11 is 0. The van der Waals surface area contributed by atoms with Crippen molar-refractivity contribution in [3.63, 3.8) is 0 Å². The molecular formula is C13H15NO3. The summed E-state index contributed by atoms with van der Waals surface area (Å²) in [5.74, 6) is 0. The van der Waals surface area contributed by atoms with E-state index < -0.39 is 18.8 Å². The number of anilines is 1. The molecule has 0 aliphatic carbocycles. The van der Waals surface area contributed by atoms with E-state index in [9.17, 15) is 10.2 Å². The van der Waals surface area contributed by atoms with E-state index in [-0.39, 0.29) is 0 Å². The lowest BCUT2D eigenvalue weighted by molar-refractivity contribution is -0.0152. The summed E-state index contributed by atoms with van der Waals surface area (Å²) in [5.41, 5.74) is 6.92. The first-order chi connectivity index (χ1) is 8.11. The van der Waals surface area contributed by atoms with Crippen molar-refractivity contribution in [1.82, 2.24) is 0 Å². The molecule has 0 amide bonds. The lowest BCUT2D eigenvalue weighted by Gasteiger charge is -2.16. The zero-order valence-electron chi connectivity index (χ0n) is 9.24. The second-order valence-electron chi connectivity index (χ2n) is 4.06. The van der Waals surface area contributed by atoms with E-state index in [1.54, 1.807) is 18.2 Å². The van der Waals surface area contributed by atoms with Crippen molar-refractivity contribution >= 4 is 16.5 Å². The average Bonchev–Trinajstić information content (AvgIpc) is 2.36. The van der Waals surface area contributed by atoms with Crippen LogP contribution in [0.25, 0.3) is 10.8 Å².